The molecule has 4 heteroatoms. The highest BCUT2D eigenvalue weighted by Gasteiger charge is 2.35. The number of fused-ring (bicyclic) bond motifs is 2. The molecule has 2 aliphatic rings. The van der Waals surface area contributed by atoms with Crippen LogP contribution in [0.3, 0.4) is 0 Å². The summed E-state index contributed by atoms with van der Waals surface area (Å²) < 4.78 is 0. The molecule has 0 spiro atoms. The predicted octanol–water partition coefficient (Wildman–Crippen LogP) is 3.81. The monoisotopic (exact) mass is 315 g/mol. The van der Waals surface area contributed by atoms with Crippen molar-refractivity contribution in [1.29, 1.82) is 0 Å². The lowest BCUT2D eigenvalue weighted by molar-refractivity contribution is 0.227. The SMILES string of the molecule is Cc1ccc2c3c1CCN(C)C3Cc1cc(Cl)c(O)c(O)c1-2. The lowest BCUT2D eigenvalue weighted by Gasteiger charge is -2.40. The summed E-state index contributed by atoms with van der Waals surface area (Å²) in [5, 5.41) is 20.6. The first kappa shape index (κ1) is 13.9. The van der Waals surface area contributed by atoms with E-state index in [1.165, 1.54) is 16.7 Å². The Morgan fingerprint density at radius 2 is 2.00 bits per heavy atom. The summed E-state index contributed by atoms with van der Waals surface area (Å²) in [6.07, 6.45) is 1.83. The molecule has 22 heavy (non-hydrogen) atoms. The van der Waals surface area contributed by atoms with Gasteiger partial charge < -0.3 is 10.2 Å². The highest BCUT2D eigenvalue weighted by molar-refractivity contribution is 6.32. The van der Waals surface area contributed by atoms with Gasteiger partial charge in [-0.3, -0.25) is 4.90 Å². The minimum atomic E-state index is -0.225. The van der Waals surface area contributed by atoms with Crippen LogP contribution in [-0.4, -0.2) is 28.7 Å². The van der Waals surface area contributed by atoms with Crippen molar-refractivity contribution in [2.24, 2.45) is 0 Å². The van der Waals surface area contributed by atoms with Crippen molar-refractivity contribution >= 4 is 11.6 Å². The number of aryl methyl sites for hydroxylation is 1. The zero-order valence-corrected chi connectivity index (χ0v) is 13.4. The summed E-state index contributed by atoms with van der Waals surface area (Å²) >= 11 is 6.05. The number of rotatable bonds is 0. The van der Waals surface area contributed by atoms with Crippen LogP contribution in [0.2, 0.25) is 5.02 Å². The van der Waals surface area contributed by atoms with Gasteiger partial charge in [0.15, 0.2) is 11.5 Å². The van der Waals surface area contributed by atoms with Crippen LogP contribution in [0, 0.1) is 6.92 Å². The minimum Gasteiger partial charge on any atom is -0.504 e. The van der Waals surface area contributed by atoms with Gasteiger partial charge in [0.1, 0.15) is 0 Å². The molecule has 2 aromatic rings. The Labute approximate surface area is 134 Å². The number of nitrogens with zero attached hydrogens (tertiary/aromatic N) is 1. The quantitative estimate of drug-likeness (QED) is 0.727. The maximum Gasteiger partial charge on any atom is 0.177 e. The van der Waals surface area contributed by atoms with Gasteiger partial charge >= 0.3 is 0 Å². The van der Waals surface area contributed by atoms with Crippen LogP contribution in [-0.2, 0) is 12.8 Å². The number of halogens is 1. The molecule has 0 fully saturated rings. The molecule has 1 aliphatic carbocycles. The fourth-order valence-corrected chi connectivity index (χ4v) is 4.19. The third-order valence-corrected chi connectivity index (χ3v) is 5.45. The molecule has 4 rings (SSSR count). The summed E-state index contributed by atoms with van der Waals surface area (Å²) in [6.45, 7) is 3.18. The van der Waals surface area contributed by atoms with Crippen LogP contribution in [0.25, 0.3) is 11.1 Å². The zero-order valence-electron chi connectivity index (χ0n) is 12.7. The molecule has 0 amide bonds. The first-order valence-corrected chi connectivity index (χ1v) is 7.93. The van der Waals surface area contributed by atoms with E-state index < -0.39 is 0 Å². The van der Waals surface area contributed by atoms with Gasteiger partial charge in [-0.1, -0.05) is 23.7 Å². The molecule has 0 radical (unpaired) electrons. The van der Waals surface area contributed by atoms with Crippen LogP contribution in [0.1, 0.15) is 28.3 Å². The third-order valence-electron chi connectivity index (χ3n) is 5.16. The van der Waals surface area contributed by atoms with Gasteiger partial charge in [-0.05, 0) is 60.7 Å². The number of phenolic OH excluding ortho intramolecular Hbond substituents is 2. The van der Waals surface area contributed by atoms with Crippen molar-refractivity contribution in [3.05, 3.63) is 45.5 Å². The van der Waals surface area contributed by atoms with Crippen molar-refractivity contribution in [2.45, 2.75) is 25.8 Å². The van der Waals surface area contributed by atoms with E-state index in [4.69, 9.17) is 11.6 Å². The van der Waals surface area contributed by atoms with Gasteiger partial charge in [-0.25, -0.2) is 0 Å². The van der Waals surface area contributed by atoms with Crippen LogP contribution in [0.5, 0.6) is 11.5 Å². The smallest absolute Gasteiger partial charge is 0.177 e. The standard InChI is InChI=1S/C18H18ClNO2/c1-9-3-4-12-15-10(7-13(19)17(21)18(15)22)8-14-16(12)11(9)5-6-20(14)2/h3-4,7,14,21-22H,5-6,8H2,1-2H3. The molecule has 0 bridgehead atoms. The molecule has 2 aromatic carbocycles. The minimum absolute atomic E-state index is 0.0970. The van der Waals surface area contributed by atoms with Gasteiger partial charge in [0.05, 0.1) is 5.02 Å². The molecule has 1 atom stereocenters. The van der Waals surface area contributed by atoms with E-state index in [-0.39, 0.29) is 16.5 Å². The molecular formula is C18H18ClNO2. The number of hydrogen-bond donors (Lipinski definition) is 2. The number of aromatic hydroxyl groups is 2. The van der Waals surface area contributed by atoms with Crippen molar-refractivity contribution in [1.82, 2.24) is 4.90 Å². The third kappa shape index (κ3) is 1.73. The molecule has 1 heterocycles. The lowest BCUT2D eigenvalue weighted by Crippen LogP contribution is -2.36. The molecule has 1 aliphatic heterocycles. The van der Waals surface area contributed by atoms with E-state index in [1.54, 1.807) is 6.07 Å². The second kappa shape index (κ2) is 4.64. The average Bonchev–Trinajstić information content (AvgIpc) is 2.50. The van der Waals surface area contributed by atoms with E-state index in [0.29, 0.717) is 6.04 Å². The molecule has 1 unspecified atom stereocenters. The molecule has 0 saturated heterocycles. The molecule has 0 saturated carbocycles. The number of hydrogen-bond acceptors (Lipinski definition) is 3. The number of likely N-dealkylation sites (N-methyl/N-ethyl adjacent to an activating group) is 1. The summed E-state index contributed by atoms with van der Waals surface area (Å²) in [7, 11) is 2.15. The Bertz CT molecular complexity index is 800. The van der Waals surface area contributed by atoms with E-state index in [1.807, 2.05) is 0 Å². The Morgan fingerprint density at radius 3 is 2.77 bits per heavy atom. The molecule has 2 N–H and O–H groups in total. The first-order chi connectivity index (χ1) is 10.5. The van der Waals surface area contributed by atoms with Crippen molar-refractivity contribution < 1.29 is 10.2 Å². The topological polar surface area (TPSA) is 43.7 Å². The maximum atomic E-state index is 10.4. The van der Waals surface area contributed by atoms with Crippen molar-refractivity contribution in [3.63, 3.8) is 0 Å². The summed E-state index contributed by atoms with van der Waals surface area (Å²) in [5.74, 6) is -0.322. The summed E-state index contributed by atoms with van der Waals surface area (Å²) in [5.41, 5.74) is 6.77. The summed E-state index contributed by atoms with van der Waals surface area (Å²) in [4.78, 5) is 2.37. The van der Waals surface area contributed by atoms with Crippen molar-refractivity contribution in [2.75, 3.05) is 13.6 Å². The second-order valence-electron chi connectivity index (χ2n) is 6.36. The van der Waals surface area contributed by atoms with Crippen LogP contribution < -0.4 is 0 Å². The Hall–Kier alpha value is -1.71. The van der Waals surface area contributed by atoms with E-state index in [2.05, 4.69) is 31.0 Å². The fourth-order valence-electron chi connectivity index (χ4n) is 3.97. The normalized spacial score (nSPS) is 19.7. The molecular weight excluding hydrogens is 298 g/mol. The van der Waals surface area contributed by atoms with E-state index in [9.17, 15) is 10.2 Å². The zero-order chi connectivity index (χ0) is 15.6. The highest BCUT2D eigenvalue weighted by atomic mass is 35.5. The molecule has 0 aromatic heterocycles. The maximum absolute atomic E-state index is 10.4. The van der Waals surface area contributed by atoms with Gasteiger partial charge in [0, 0.05) is 18.2 Å². The molecule has 114 valence electrons. The first-order valence-electron chi connectivity index (χ1n) is 7.55. The summed E-state index contributed by atoms with van der Waals surface area (Å²) in [6, 6.07) is 6.27. The largest absolute Gasteiger partial charge is 0.504 e. The Balaban J connectivity index is 2.08. The lowest BCUT2D eigenvalue weighted by atomic mass is 9.75. The van der Waals surface area contributed by atoms with E-state index in [0.717, 1.165) is 36.1 Å². The van der Waals surface area contributed by atoms with Crippen LogP contribution in [0.4, 0.5) is 0 Å². The highest BCUT2D eigenvalue weighted by Crippen LogP contribution is 2.52. The van der Waals surface area contributed by atoms with Crippen LogP contribution >= 0.6 is 11.6 Å². The van der Waals surface area contributed by atoms with Gasteiger partial charge in [0.25, 0.3) is 0 Å². The second-order valence-corrected chi connectivity index (χ2v) is 6.77. The Kier molecular flexibility index (Phi) is 2.94. The van der Waals surface area contributed by atoms with Crippen molar-refractivity contribution in [3.8, 4) is 22.6 Å². The fraction of sp³-hybridized carbons (Fsp3) is 0.333. The van der Waals surface area contributed by atoms with Gasteiger partial charge in [-0.2, -0.15) is 0 Å². The number of phenols is 2. The van der Waals surface area contributed by atoms with Gasteiger partial charge in [-0.15, -0.1) is 0 Å². The predicted molar refractivity (Wildman–Crippen MR) is 87.7 cm³/mol. The average molecular weight is 316 g/mol. The Morgan fingerprint density at radius 1 is 1.23 bits per heavy atom. The van der Waals surface area contributed by atoms with Crippen LogP contribution in [0.15, 0.2) is 18.2 Å². The molecule has 3 nitrogen and oxygen atoms in total. The number of benzene rings is 2. The van der Waals surface area contributed by atoms with Gasteiger partial charge in [0.2, 0.25) is 0 Å². The van der Waals surface area contributed by atoms with E-state index >= 15 is 0 Å².